The largest absolute Gasteiger partial charge is 0.489 e. The average Bonchev–Trinajstić information content (AvgIpc) is 3.53. The SMILES string of the molecule is CC(C)(C)C(c1ccccc1)C1CN(C(=O)O)CCN1C(=O)c1nnn(-c2cccc(OCc3ccccc3)c2)c1-c1ccccc1. The second-order valence-corrected chi connectivity index (χ2v) is 12.9. The molecule has 2 atom stereocenters. The van der Waals surface area contributed by atoms with Crippen molar-refractivity contribution in [1.82, 2.24) is 24.8 Å². The van der Waals surface area contributed by atoms with E-state index in [1.54, 1.807) is 4.68 Å². The van der Waals surface area contributed by atoms with Gasteiger partial charge in [-0.15, -0.1) is 5.10 Å². The first-order valence-corrected chi connectivity index (χ1v) is 15.8. The van der Waals surface area contributed by atoms with E-state index in [2.05, 4.69) is 43.2 Å². The molecule has 0 spiro atoms. The lowest BCUT2D eigenvalue weighted by Crippen LogP contribution is -2.59. The second-order valence-electron chi connectivity index (χ2n) is 12.9. The number of nitrogens with zero attached hydrogens (tertiary/aromatic N) is 5. The molecule has 9 heteroatoms. The molecule has 1 aliphatic heterocycles. The zero-order valence-electron chi connectivity index (χ0n) is 26.9. The van der Waals surface area contributed by atoms with Crippen molar-refractivity contribution in [3.8, 4) is 22.7 Å². The highest BCUT2D eigenvalue weighted by molar-refractivity contribution is 5.98. The molecule has 9 nitrogen and oxygen atoms in total. The number of hydrogen-bond donors (Lipinski definition) is 1. The number of carboxylic acid groups (broad SMARTS) is 1. The number of hydrogen-bond acceptors (Lipinski definition) is 5. The number of carbonyl (C=O) groups is 2. The van der Waals surface area contributed by atoms with Gasteiger partial charge in [-0.3, -0.25) is 4.79 Å². The van der Waals surface area contributed by atoms with E-state index in [0.29, 0.717) is 23.7 Å². The molecule has 1 N–H and O–H groups in total. The lowest BCUT2D eigenvalue weighted by Gasteiger charge is -2.48. The lowest BCUT2D eigenvalue weighted by atomic mass is 9.71. The maximum Gasteiger partial charge on any atom is 0.407 e. The maximum absolute atomic E-state index is 14.7. The number of amides is 2. The Morgan fingerprint density at radius 3 is 2.19 bits per heavy atom. The van der Waals surface area contributed by atoms with Gasteiger partial charge in [-0.05, 0) is 28.7 Å². The summed E-state index contributed by atoms with van der Waals surface area (Å²) >= 11 is 0. The summed E-state index contributed by atoms with van der Waals surface area (Å²) in [5.41, 5.74) is 4.07. The highest BCUT2D eigenvalue weighted by Gasteiger charge is 2.44. The average molecular weight is 630 g/mol. The van der Waals surface area contributed by atoms with Gasteiger partial charge in [0.25, 0.3) is 5.91 Å². The molecule has 5 aromatic rings. The molecule has 0 saturated carbocycles. The summed E-state index contributed by atoms with van der Waals surface area (Å²) in [6, 6.07) is 36.7. The van der Waals surface area contributed by atoms with E-state index in [-0.39, 0.29) is 42.6 Å². The third-order valence-electron chi connectivity index (χ3n) is 8.66. The molecule has 2 unspecified atom stereocenters. The molecule has 0 radical (unpaired) electrons. The Bertz CT molecular complexity index is 1820. The van der Waals surface area contributed by atoms with Gasteiger partial charge in [0.2, 0.25) is 0 Å². The molecule has 6 rings (SSSR count). The van der Waals surface area contributed by atoms with Crippen molar-refractivity contribution >= 4 is 12.0 Å². The molecular weight excluding hydrogens is 590 g/mol. The van der Waals surface area contributed by atoms with Crippen LogP contribution in [0, 0.1) is 5.41 Å². The summed E-state index contributed by atoms with van der Waals surface area (Å²) in [5, 5.41) is 19.0. The van der Waals surface area contributed by atoms with E-state index < -0.39 is 12.1 Å². The van der Waals surface area contributed by atoms with Crippen molar-refractivity contribution in [2.45, 2.75) is 39.3 Å². The van der Waals surface area contributed by atoms with Gasteiger partial charge in [0, 0.05) is 37.2 Å². The van der Waals surface area contributed by atoms with E-state index in [9.17, 15) is 14.7 Å². The minimum absolute atomic E-state index is 0.150. The third-order valence-corrected chi connectivity index (χ3v) is 8.66. The Balaban J connectivity index is 1.40. The van der Waals surface area contributed by atoms with Gasteiger partial charge >= 0.3 is 6.09 Å². The Morgan fingerprint density at radius 2 is 1.53 bits per heavy atom. The first-order chi connectivity index (χ1) is 22.7. The summed E-state index contributed by atoms with van der Waals surface area (Å²) in [6.07, 6.45) is -0.992. The minimum Gasteiger partial charge on any atom is -0.489 e. The Morgan fingerprint density at radius 1 is 0.872 bits per heavy atom. The van der Waals surface area contributed by atoms with Crippen LogP contribution in [0.2, 0.25) is 0 Å². The van der Waals surface area contributed by atoms with Crippen molar-refractivity contribution in [1.29, 1.82) is 0 Å². The Hall–Kier alpha value is -5.44. The van der Waals surface area contributed by atoms with Crippen LogP contribution in [0.5, 0.6) is 5.75 Å². The molecule has 1 aromatic heterocycles. The number of carbonyl (C=O) groups excluding carboxylic acids is 1. The number of ether oxygens (including phenoxy) is 1. The molecule has 1 fully saturated rings. The van der Waals surface area contributed by atoms with E-state index >= 15 is 0 Å². The van der Waals surface area contributed by atoms with Crippen molar-refractivity contribution < 1.29 is 19.4 Å². The van der Waals surface area contributed by atoms with Gasteiger partial charge in [0.1, 0.15) is 18.1 Å². The lowest BCUT2D eigenvalue weighted by molar-refractivity contribution is 0.0278. The Labute approximate surface area is 275 Å². The van der Waals surface area contributed by atoms with Crippen molar-refractivity contribution in [3.63, 3.8) is 0 Å². The molecule has 4 aromatic carbocycles. The predicted molar refractivity (Wildman–Crippen MR) is 181 cm³/mol. The van der Waals surface area contributed by atoms with Gasteiger partial charge in [-0.2, -0.15) is 0 Å². The van der Waals surface area contributed by atoms with Crippen LogP contribution in [0.25, 0.3) is 16.9 Å². The van der Waals surface area contributed by atoms with Crippen LogP contribution in [0.3, 0.4) is 0 Å². The zero-order chi connectivity index (χ0) is 33.0. The van der Waals surface area contributed by atoms with Crippen LogP contribution in [0.15, 0.2) is 115 Å². The fraction of sp³-hybridized carbons (Fsp3) is 0.263. The van der Waals surface area contributed by atoms with Crippen LogP contribution < -0.4 is 4.74 Å². The smallest absolute Gasteiger partial charge is 0.407 e. The summed E-state index contributed by atoms with van der Waals surface area (Å²) in [4.78, 5) is 30.1. The zero-order valence-corrected chi connectivity index (χ0v) is 26.9. The van der Waals surface area contributed by atoms with Gasteiger partial charge < -0.3 is 19.6 Å². The van der Waals surface area contributed by atoms with Crippen molar-refractivity contribution in [2.75, 3.05) is 19.6 Å². The summed E-state index contributed by atoms with van der Waals surface area (Å²) in [6.45, 7) is 7.44. The van der Waals surface area contributed by atoms with Crippen LogP contribution in [-0.2, 0) is 6.61 Å². The fourth-order valence-corrected chi connectivity index (χ4v) is 6.52. The van der Waals surface area contributed by atoms with Crippen molar-refractivity contribution in [2.24, 2.45) is 5.41 Å². The fourth-order valence-electron chi connectivity index (χ4n) is 6.52. The van der Waals surface area contributed by atoms with Crippen LogP contribution in [-0.4, -0.2) is 67.6 Å². The van der Waals surface area contributed by atoms with Gasteiger partial charge in [-0.1, -0.05) is 123 Å². The van der Waals surface area contributed by atoms with Gasteiger partial charge in [-0.25, -0.2) is 9.48 Å². The normalized spacial score (nSPS) is 15.7. The van der Waals surface area contributed by atoms with Crippen LogP contribution >= 0.6 is 0 Å². The quantitative estimate of drug-likeness (QED) is 0.196. The molecule has 0 bridgehead atoms. The van der Waals surface area contributed by atoms with E-state index in [1.165, 1.54) is 4.90 Å². The number of piperazine rings is 1. The summed E-state index contributed by atoms with van der Waals surface area (Å²) < 4.78 is 7.78. The molecule has 2 heterocycles. The first kappa shape index (κ1) is 31.5. The first-order valence-electron chi connectivity index (χ1n) is 15.8. The molecule has 0 aliphatic carbocycles. The maximum atomic E-state index is 14.7. The molecule has 1 saturated heterocycles. The number of rotatable bonds is 8. The monoisotopic (exact) mass is 629 g/mol. The molecule has 1 aliphatic rings. The topological polar surface area (TPSA) is 101 Å². The standard InChI is InChI=1S/C38H39N5O4/c1-38(2,3)33(28-16-9-5-10-17-28)32-25-41(37(45)46)22-23-42(32)36(44)34-35(29-18-11-6-12-19-29)43(40-39-34)30-20-13-21-31(24-30)47-26-27-14-7-4-8-15-27/h4-21,24,32-33H,22-23,25-26H2,1-3H3,(H,45,46). The van der Waals surface area contributed by atoms with E-state index in [0.717, 1.165) is 16.7 Å². The summed E-state index contributed by atoms with van der Waals surface area (Å²) in [5.74, 6) is 0.227. The Kier molecular flexibility index (Phi) is 9.06. The van der Waals surface area contributed by atoms with E-state index in [4.69, 9.17) is 4.74 Å². The second kappa shape index (κ2) is 13.5. The highest BCUT2D eigenvalue weighted by Crippen LogP contribution is 2.41. The van der Waals surface area contributed by atoms with Crippen LogP contribution in [0.1, 0.15) is 48.3 Å². The third kappa shape index (κ3) is 6.89. The number of benzene rings is 4. The molecule has 240 valence electrons. The molecular formula is C38H39N5O4. The predicted octanol–water partition coefficient (Wildman–Crippen LogP) is 7.15. The molecule has 47 heavy (non-hydrogen) atoms. The number of aromatic nitrogens is 3. The van der Waals surface area contributed by atoms with Crippen molar-refractivity contribution in [3.05, 3.63) is 132 Å². The minimum atomic E-state index is -0.992. The summed E-state index contributed by atoms with van der Waals surface area (Å²) in [7, 11) is 0. The molecule has 2 amide bonds. The van der Waals surface area contributed by atoms with Gasteiger partial charge in [0.05, 0.1) is 11.7 Å². The van der Waals surface area contributed by atoms with Crippen LogP contribution in [0.4, 0.5) is 4.79 Å². The van der Waals surface area contributed by atoms with E-state index in [1.807, 2.05) is 108 Å². The highest BCUT2D eigenvalue weighted by atomic mass is 16.5. The van der Waals surface area contributed by atoms with Gasteiger partial charge in [0.15, 0.2) is 5.69 Å².